The molecule has 1 aliphatic rings. The minimum Gasteiger partial charge on any atom is -0.383 e. The number of carbonyl (C=O) groups excluding carboxylic acids is 2. The van der Waals surface area contributed by atoms with Gasteiger partial charge in [0.1, 0.15) is 18.2 Å². The minimum absolute atomic E-state index is 0.0792. The van der Waals surface area contributed by atoms with E-state index in [1.54, 1.807) is 28.9 Å². The van der Waals surface area contributed by atoms with Gasteiger partial charge in [0, 0.05) is 36.0 Å². The summed E-state index contributed by atoms with van der Waals surface area (Å²) >= 11 is 7.31. The van der Waals surface area contributed by atoms with Crippen molar-refractivity contribution in [2.75, 3.05) is 18.8 Å². The van der Waals surface area contributed by atoms with Crippen molar-refractivity contribution in [1.29, 1.82) is 0 Å². The molecule has 0 aliphatic carbocycles. The molecule has 154 valence electrons. The van der Waals surface area contributed by atoms with E-state index in [-0.39, 0.29) is 11.8 Å². The highest BCUT2D eigenvalue weighted by Crippen LogP contribution is 2.23. The number of fused-ring (bicyclic) bond motifs is 1. The Hall–Kier alpha value is -2.97. The number of thiophene rings is 1. The maximum atomic E-state index is 12.9. The van der Waals surface area contributed by atoms with Crippen LogP contribution in [0.2, 0.25) is 4.34 Å². The van der Waals surface area contributed by atoms with Crippen LogP contribution in [0.3, 0.4) is 0 Å². The number of nitrogen functional groups attached to an aromatic ring is 1. The van der Waals surface area contributed by atoms with Crippen molar-refractivity contribution in [1.82, 2.24) is 19.8 Å². The van der Waals surface area contributed by atoms with Crippen LogP contribution in [0, 0.1) is 0 Å². The number of rotatable bonds is 4. The number of carbonyl (C=O) groups is 2. The Balaban J connectivity index is 1.43. The van der Waals surface area contributed by atoms with E-state index in [4.69, 9.17) is 17.3 Å². The normalized spacial score (nSPS) is 17.3. The zero-order valence-corrected chi connectivity index (χ0v) is 17.9. The smallest absolute Gasteiger partial charge is 0.247 e. The van der Waals surface area contributed by atoms with Crippen molar-refractivity contribution in [3.8, 4) is 0 Å². The third-order valence-electron chi connectivity index (χ3n) is 5.12. The molecule has 1 saturated heterocycles. The summed E-state index contributed by atoms with van der Waals surface area (Å²) in [7, 11) is 0. The van der Waals surface area contributed by atoms with Crippen molar-refractivity contribution in [2.24, 2.45) is 0 Å². The van der Waals surface area contributed by atoms with Crippen molar-refractivity contribution in [3.63, 3.8) is 0 Å². The second-order valence-corrected chi connectivity index (χ2v) is 8.80. The molecule has 3 heterocycles. The fourth-order valence-corrected chi connectivity index (χ4v) is 4.46. The summed E-state index contributed by atoms with van der Waals surface area (Å²) in [6.07, 6.45) is 4.65. The van der Waals surface area contributed by atoms with Crippen molar-refractivity contribution >= 4 is 57.5 Å². The number of aromatic nitrogens is 2. The predicted octanol–water partition coefficient (Wildman–Crippen LogP) is 3.20. The SMILES string of the molecule is CC1C(=O)N(Cc2ccc3c(N)ncnc3c2)CCN1C(=O)/C=C/c1ccc(Cl)s1. The molecule has 1 unspecified atom stereocenters. The molecule has 7 nitrogen and oxygen atoms in total. The highest BCUT2D eigenvalue weighted by Gasteiger charge is 2.33. The molecule has 0 bridgehead atoms. The summed E-state index contributed by atoms with van der Waals surface area (Å²) in [5, 5.41) is 0.787. The number of hydrogen-bond donors (Lipinski definition) is 1. The summed E-state index contributed by atoms with van der Waals surface area (Å²) in [5.74, 6) is 0.170. The van der Waals surface area contributed by atoms with E-state index in [0.29, 0.717) is 29.8 Å². The van der Waals surface area contributed by atoms with Crippen molar-refractivity contribution < 1.29 is 9.59 Å². The fraction of sp³-hybridized carbons (Fsp3) is 0.238. The lowest BCUT2D eigenvalue weighted by Crippen LogP contribution is -2.56. The lowest BCUT2D eigenvalue weighted by molar-refractivity contribution is -0.148. The van der Waals surface area contributed by atoms with Gasteiger partial charge in [-0.1, -0.05) is 17.7 Å². The molecule has 3 aromatic rings. The van der Waals surface area contributed by atoms with Gasteiger partial charge in [0.05, 0.1) is 9.85 Å². The Kier molecular flexibility index (Phi) is 5.69. The van der Waals surface area contributed by atoms with Crippen LogP contribution in [-0.4, -0.2) is 50.7 Å². The van der Waals surface area contributed by atoms with E-state index in [1.807, 2.05) is 24.3 Å². The first kappa shape index (κ1) is 20.3. The second-order valence-electron chi connectivity index (χ2n) is 7.05. The molecule has 4 rings (SSSR count). The molecule has 2 N–H and O–H groups in total. The average molecular weight is 442 g/mol. The van der Waals surface area contributed by atoms with Crippen LogP contribution in [-0.2, 0) is 16.1 Å². The number of amides is 2. The minimum atomic E-state index is -0.527. The topological polar surface area (TPSA) is 92.4 Å². The van der Waals surface area contributed by atoms with Gasteiger partial charge in [0.2, 0.25) is 11.8 Å². The summed E-state index contributed by atoms with van der Waals surface area (Å²) in [5.41, 5.74) is 7.57. The van der Waals surface area contributed by atoms with Gasteiger partial charge >= 0.3 is 0 Å². The Labute approximate surface area is 182 Å². The quantitative estimate of drug-likeness (QED) is 0.627. The standard InChI is InChI=1S/C21H20ClN5O2S/c1-13-21(29)26(11-14-2-5-16-17(10-14)24-12-25-20(16)23)8-9-27(13)19(28)7-4-15-3-6-18(22)30-15/h2-7,10,12-13H,8-9,11H2,1H3,(H2,23,24,25)/b7-4+. The molecule has 1 fully saturated rings. The van der Waals surface area contributed by atoms with Gasteiger partial charge in [0.15, 0.2) is 0 Å². The van der Waals surface area contributed by atoms with Crippen LogP contribution in [0.25, 0.3) is 17.0 Å². The first-order chi connectivity index (χ1) is 14.4. The Morgan fingerprint density at radius 1 is 1.30 bits per heavy atom. The van der Waals surface area contributed by atoms with E-state index in [1.165, 1.54) is 23.7 Å². The Morgan fingerprint density at radius 2 is 2.13 bits per heavy atom. The molecule has 1 atom stereocenters. The summed E-state index contributed by atoms with van der Waals surface area (Å²) in [6, 6.07) is 8.82. The highest BCUT2D eigenvalue weighted by molar-refractivity contribution is 7.17. The van der Waals surface area contributed by atoms with Gasteiger partial charge in [-0.05, 0) is 42.8 Å². The van der Waals surface area contributed by atoms with Gasteiger partial charge in [-0.2, -0.15) is 0 Å². The predicted molar refractivity (Wildman–Crippen MR) is 119 cm³/mol. The Bertz CT molecular complexity index is 1150. The van der Waals surface area contributed by atoms with E-state index in [9.17, 15) is 9.59 Å². The first-order valence-electron chi connectivity index (χ1n) is 9.44. The van der Waals surface area contributed by atoms with Gasteiger partial charge in [-0.25, -0.2) is 9.97 Å². The number of benzene rings is 1. The third-order valence-corrected chi connectivity index (χ3v) is 6.32. The molecule has 0 saturated carbocycles. The van der Waals surface area contributed by atoms with Crippen LogP contribution in [0.15, 0.2) is 42.7 Å². The van der Waals surface area contributed by atoms with Gasteiger partial charge in [0.25, 0.3) is 0 Å². The molecule has 0 radical (unpaired) electrons. The number of nitrogens with two attached hydrogens (primary N) is 1. The van der Waals surface area contributed by atoms with E-state index in [2.05, 4.69) is 9.97 Å². The van der Waals surface area contributed by atoms with Crippen LogP contribution in [0.1, 0.15) is 17.4 Å². The summed E-state index contributed by atoms with van der Waals surface area (Å²) in [6.45, 7) is 3.16. The molecule has 2 aromatic heterocycles. The van der Waals surface area contributed by atoms with Crippen molar-refractivity contribution in [3.05, 3.63) is 57.5 Å². The number of nitrogens with zero attached hydrogens (tertiary/aromatic N) is 4. The highest BCUT2D eigenvalue weighted by atomic mass is 35.5. The maximum absolute atomic E-state index is 12.9. The zero-order chi connectivity index (χ0) is 21.3. The van der Waals surface area contributed by atoms with Gasteiger partial charge in [-0.3, -0.25) is 9.59 Å². The lowest BCUT2D eigenvalue weighted by Gasteiger charge is -2.38. The molecular formula is C21H20ClN5O2S. The van der Waals surface area contributed by atoms with Crippen LogP contribution >= 0.6 is 22.9 Å². The molecule has 30 heavy (non-hydrogen) atoms. The summed E-state index contributed by atoms with van der Waals surface area (Å²) < 4.78 is 0.669. The number of halogens is 1. The Morgan fingerprint density at radius 3 is 2.90 bits per heavy atom. The summed E-state index contributed by atoms with van der Waals surface area (Å²) in [4.78, 5) is 38.0. The number of hydrogen-bond acceptors (Lipinski definition) is 6. The largest absolute Gasteiger partial charge is 0.383 e. The van der Waals surface area contributed by atoms with Crippen LogP contribution in [0.4, 0.5) is 5.82 Å². The number of piperazine rings is 1. The average Bonchev–Trinajstić information content (AvgIpc) is 3.15. The van der Waals surface area contributed by atoms with Gasteiger partial charge < -0.3 is 15.5 Å². The third kappa shape index (κ3) is 4.15. The first-order valence-corrected chi connectivity index (χ1v) is 10.6. The van der Waals surface area contributed by atoms with E-state index < -0.39 is 6.04 Å². The van der Waals surface area contributed by atoms with Crippen LogP contribution < -0.4 is 5.73 Å². The number of anilines is 1. The molecular weight excluding hydrogens is 422 g/mol. The van der Waals surface area contributed by atoms with E-state index in [0.717, 1.165) is 21.3 Å². The van der Waals surface area contributed by atoms with E-state index >= 15 is 0 Å². The van der Waals surface area contributed by atoms with Crippen molar-refractivity contribution in [2.45, 2.75) is 19.5 Å². The molecule has 9 heteroatoms. The zero-order valence-electron chi connectivity index (χ0n) is 16.3. The molecule has 1 aromatic carbocycles. The maximum Gasteiger partial charge on any atom is 0.247 e. The van der Waals surface area contributed by atoms with Crippen LogP contribution in [0.5, 0.6) is 0 Å². The monoisotopic (exact) mass is 441 g/mol. The second kappa shape index (κ2) is 8.41. The lowest BCUT2D eigenvalue weighted by atomic mass is 10.1. The van der Waals surface area contributed by atoms with Gasteiger partial charge in [-0.15, -0.1) is 11.3 Å². The molecule has 0 spiro atoms. The molecule has 2 amide bonds. The fourth-order valence-electron chi connectivity index (χ4n) is 3.50. The molecule has 1 aliphatic heterocycles.